The molecule has 96 valence electrons. The fourth-order valence-corrected chi connectivity index (χ4v) is 2.87. The van der Waals surface area contributed by atoms with E-state index in [1.165, 1.54) is 5.56 Å². The highest BCUT2D eigenvalue weighted by molar-refractivity contribution is 7.99. The molecule has 2 rings (SSSR count). The van der Waals surface area contributed by atoms with E-state index in [1.807, 2.05) is 38.5 Å². The molecule has 0 saturated heterocycles. The lowest BCUT2D eigenvalue weighted by molar-refractivity contribution is 0.738. The first-order valence-corrected chi connectivity index (χ1v) is 6.94. The van der Waals surface area contributed by atoms with E-state index < -0.39 is 0 Å². The number of hydrogen-bond donors (Lipinski definition) is 1. The van der Waals surface area contributed by atoms with Gasteiger partial charge in [-0.15, -0.1) is 0 Å². The van der Waals surface area contributed by atoms with Gasteiger partial charge in [-0.3, -0.25) is 4.68 Å². The highest BCUT2D eigenvalue weighted by Gasteiger charge is 2.06. The SMILES string of the molecule is CC(N)Cc1ccc(Sc2cnn(C)c2)c(Cl)c1. The minimum absolute atomic E-state index is 0.151. The normalized spacial score (nSPS) is 12.7. The van der Waals surface area contributed by atoms with Crippen molar-refractivity contribution in [1.82, 2.24) is 9.78 Å². The van der Waals surface area contributed by atoms with E-state index in [2.05, 4.69) is 11.2 Å². The fourth-order valence-electron chi connectivity index (χ4n) is 1.70. The maximum atomic E-state index is 6.28. The zero-order valence-corrected chi connectivity index (χ0v) is 12.0. The van der Waals surface area contributed by atoms with E-state index in [9.17, 15) is 0 Å². The summed E-state index contributed by atoms with van der Waals surface area (Å²) < 4.78 is 1.78. The van der Waals surface area contributed by atoms with Crippen molar-refractivity contribution in [2.24, 2.45) is 12.8 Å². The van der Waals surface area contributed by atoms with Gasteiger partial charge in [0, 0.05) is 24.2 Å². The molecule has 1 heterocycles. The van der Waals surface area contributed by atoms with Crippen LogP contribution in [0.3, 0.4) is 0 Å². The molecule has 18 heavy (non-hydrogen) atoms. The molecule has 0 aliphatic carbocycles. The minimum Gasteiger partial charge on any atom is -0.328 e. The average molecular weight is 282 g/mol. The van der Waals surface area contributed by atoms with Gasteiger partial charge >= 0.3 is 0 Å². The summed E-state index contributed by atoms with van der Waals surface area (Å²) in [6.07, 6.45) is 4.64. The molecule has 0 aliphatic rings. The quantitative estimate of drug-likeness (QED) is 0.936. The second kappa shape index (κ2) is 5.78. The highest BCUT2D eigenvalue weighted by atomic mass is 35.5. The van der Waals surface area contributed by atoms with Gasteiger partial charge < -0.3 is 5.73 Å². The van der Waals surface area contributed by atoms with Gasteiger partial charge in [-0.05, 0) is 31.0 Å². The van der Waals surface area contributed by atoms with Crippen LogP contribution in [-0.2, 0) is 13.5 Å². The Kier molecular flexibility index (Phi) is 4.32. The van der Waals surface area contributed by atoms with E-state index in [1.54, 1.807) is 16.4 Å². The summed E-state index contributed by atoms with van der Waals surface area (Å²) in [6.45, 7) is 1.99. The van der Waals surface area contributed by atoms with Gasteiger partial charge in [-0.25, -0.2) is 0 Å². The van der Waals surface area contributed by atoms with E-state index in [4.69, 9.17) is 17.3 Å². The molecule has 0 radical (unpaired) electrons. The number of aryl methyl sites for hydroxylation is 1. The molecule has 1 aromatic heterocycles. The third kappa shape index (κ3) is 3.51. The number of nitrogens with two attached hydrogens (primary N) is 1. The number of aromatic nitrogens is 2. The van der Waals surface area contributed by atoms with Crippen LogP contribution in [0.15, 0.2) is 40.4 Å². The second-order valence-electron chi connectivity index (χ2n) is 4.40. The summed E-state index contributed by atoms with van der Waals surface area (Å²) in [5, 5.41) is 4.90. The molecule has 1 atom stereocenters. The summed E-state index contributed by atoms with van der Waals surface area (Å²) in [6, 6.07) is 6.26. The molecular weight excluding hydrogens is 266 g/mol. The Morgan fingerprint density at radius 3 is 2.83 bits per heavy atom. The van der Waals surface area contributed by atoms with Gasteiger partial charge in [0.25, 0.3) is 0 Å². The molecule has 0 spiro atoms. The third-order valence-corrected chi connectivity index (χ3v) is 3.91. The molecule has 0 bridgehead atoms. The average Bonchev–Trinajstić information content (AvgIpc) is 2.67. The predicted molar refractivity (Wildman–Crippen MR) is 76.1 cm³/mol. The van der Waals surface area contributed by atoms with Crippen molar-refractivity contribution in [3.05, 3.63) is 41.2 Å². The van der Waals surface area contributed by atoms with Gasteiger partial charge in [0.2, 0.25) is 0 Å². The van der Waals surface area contributed by atoms with Crippen molar-refractivity contribution in [3.63, 3.8) is 0 Å². The molecule has 0 saturated carbocycles. The van der Waals surface area contributed by atoms with Crippen LogP contribution < -0.4 is 5.73 Å². The topological polar surface area (TPSA) is 43.8 Å². The molecule has 0 aliphatic heterocycles. The van der Waals surface area contributed by atoms with Gasteiger partial charge in [0.1, 0.15) is 0 Å². The van der Waals surface area contributed by atoms with Crippen LogP contribution in [0.2, 0.25) is 5.02 Å². The van der Waals surface area contributed by atoms with E-state index in [0.717, 1.165) is 21.2 Å². The van der Waals surface area contributed by atoms with Gasteiger partial charge in [-0.1, -0.05) is 29.4 Å². The zero-order valence-electron chi connectivity index (χ0n) is 10.4. The Bertz CT molecular complexity index is 537. The Morgan fingerprint density at radius 2 is 2.28 bits per heavy atom. The molecule has 2 N–H and O–H groups in total. The number of halogens is 1. The Labute approximate surface area is 116 Å². The van der Waals surface area contributed by atoms with Crippen LogP contribution in [0, 0.1) is 0 Å². The van der Waals surface area contributed by atoms with E-state index in [0.29, 0.717) is 0 Å². The van der Waals surface area contributed by atoms with Crippen LogP contribution in [-0.4, -0.2) is 15.8 Å². The first-order valence-electron chi connectivity index (χ1n) is 5.75. The van der Waals surface area contributed by atoms with Crippen LogP contribution in [0.4, 0.5) is 0 Å². The van der Waals surface area contributed by atoms with Crippen LogP contribution in [0.25, 0.3) is 0 Å². The maximum absolute atomic E-state index is 6.28. The highest BCUT2D eigenvalue weighted by Crippen LogP contribution is 2.33. The van der Waals surface area contributed by atoms with E-state index >= 15 is 0 Å². The first-order chi connectivity index (χ1) is 8.54. The monoisotopic (exact) mass is 281 g/mol. The summed E-state index contributed by atoms with van der Waals surface area (Å²) in [7, 11) is 1.90. The van der Waals surface area contributed by atoms with Crippen LogP contribution >= 0.6 is 23.4 Å². The summed E-state index contributed by atoms with van der Waals surface area (Å²) in [5.41, 5.74) is 6.95. The summed E-state index contributed by atoms with van der Waals surface area (Å²) in [4.78, 5) is 2.12. The van der Waals surface area contributed by atoms with Crippen molar-refractivity contribution < 1.29 is 0 Å². The second-order valence-corrected chi connectivity index (χ2v) is 5.92. The molecule has 0 fully saturated rings. The first kappa shape index (κ1) is 13.5. The molecule has 1 aromatic carbocycles. The molecule has 2 aromatic rings. The number of hydrogen-bond acceptors (Lipinski definition) is 3. The number of rotatable bonds is 4. The number of nitrogens with zero attached hydrogens (tertiary/aromatic N) is 2. The Balaban J connectivity index is 2.14. The van der Waals surface area contributed by atoms with Gasteiger partial charge in [0.15, 0.2) is 0 Å². The largest absolute Gasteiger partial charge is 0.328 e. The van der Waals surface area contributed by atoms with Crippen molar-refractivity contribution in [2.75, 3.05) is 0 Å². The molecule has 0 amide bonds. The van der Waals surface area contributed by atoms with Gasteiger partial charge in [0.05, 0.1) is 16.1 Å². The molecule has 1 unspecified atom stereocenters. The molecule has 5 heteroatoms. The van der Waals surface area contributed by atoms with Gasteiger partial charge in [-0.2, -0.15) is 5.10 Å². The molecular formula is C13H16ClN3S. The van der Waals surface area contributed by atoms with Crippen molar-refractivity contribution in [3.8, 4) is 0 Å². The summed E-state index contributed by atoms with van der Waals surface area (Å²) in [5.74, 6) is 0. The van der Waals surface area contributed by atoms with Crippen molar-refractivity contribution in [1.29, 1.82) is 0 Å². The van der Waals surface area contributed by atoms with E-state index in [-0.39, 0.29) is 6.04 Å². The zero-order chi connectivity index (χ0) is 13.1. The summed E-state index contributed by atoms with van der Waals surface area (Å²) >= 11 is 7.90. The minimum atomic E-state index is 0.151. The lowest BCUT2D eigenvalue weighted by Gasteiger charge is -2.08. The van der Waals surface area contributed by atoms with Crippen molar-refractivity contribution >= 4 is 23.4 Å². The third-order valence-electron chi connectivity index (χ3n) is 2.46. The standard InChI is InChI=1S/C13H16ClN3S/c1-9(15)5-10-3-4-13(12(14)6-10)18-11-7-16-17(2)8-11/h3-4,6-9H,5,15H2,1-2H3. The lowest BCUT2D eigenvalue weighted by atomic mass is 10.1. The van der Waals surface area contributed by atoms with Crippen molar-refractivity contribution in [2.45, 2.75) is 29.2 Å². The van der Waals surface area contributed by atoms with Crippen LogP contribution in [0.1, 0.15) is 12.5 Å². The predicted octanol–water partition coefficient (Wildman–Crippen LogP) is 3.11. The Morgan fingerprint density at radius 1 is 1.50 bits per heavy atom. The maximum Gasteiger partial charge on any atom is 0.0629 e. The Hall–Kier alpha value is -0.970. The molecule has 3 nitrogen and oxygen atoms in total. The lowest BCUT2D eigenvalue weighted by Crippen LogP contribution is -2.17. The van der Waals surface area contributed by atoms with Crippen LogP contribution in [0.5, 0.6) is 0 Å². The fraction of sp³-hybridized carbons (Fsp3) is 0.308. The smallest absolute Gasteiger partial charge is 0.0629 e. The number of benzene rings is 1.